The molecule has 1 amide bonds. The quantitative estimate of drug-likeness (QED) is 0.910. The summed E-state index contributed by atoms with van der Waals surface area (Å²) in [6.07, 6.45) is 4.79. The van der Waals surface area contributed by atoms with E-state index in [4.69, 9.17) is 11.6 Å². The van der Waals surface area contributed by atoms with E-state index >= 15 is 0 Å². The minimum Gasteiger partial charge on any atom is -0.323 e. The Labute approximate surface area is 127 Å². The molecule has 6 nitrogen and oxygen atoms in total. The molecule has 1 saturated heterocycles. The number of rotatable bonds is 3. The monoisotopic (exact) mass is 305 g/mol. The molecule has 0 aliphatic carbocycles. The number of carbonyl (C=O) groups is 1. The number of carbonyl (C=O) groups excluding carboxylic acids is 1. The smallest absolute Gasteiger partial charge is 0.244 e. The van der Waals surface area contributed by atoms with Crippen molar-refractivity contribution >= 4 is 23.2 Å². The van der Waals surface area contributed by atoms with E-state index in [9.17, 15) is 4.79 Å². The van der Waals surface area contributed by atoms with E-state index in [0.29, 0.717) is 16.4 Å². The third-order valence-electron chi connectivity index (χ3n) is 3.75. The molecular formula is C14H16ClN5O. The zero-order valence-electron chi connectivity index (χ0n) is 11.6. The van der Waals surface area contributed by atoms with Crippen LogP contribution in [0.15, 0.2) is 30.9 Å². The fourth-order valence-electron chi connectivity index (χ4n) is 2.52. The van der Waals surface area contributed by atoms with E-state index < -0.39 is 5.54 Å². The Hall–Kier alpha value is -1.92. The summed E-state index contributed by atoms with van der Waals surface area (Å²) in [4.78, 5) is 16.4. The van der Waals surface area contributed by atoms with E-state index in [1.807, 2.05) is 6.92 Å². The van der Waals surface area contributed by atoms with E-state index in [2.05, 4.69) is 20.7 Å². The number of benzene rings is 1. The van der Waals surface area contributed by atoms with Crippen molar-refractivity contribution in [1.82, 2.24) is 20.1 Å². The van der Waals surface area contributed by atoms with Crippen molar-refractivity contribution in [2.24, 2.45) is 0 Å². The molecule has 0 bridgehead atoms. The first-order valence-electron chi connectivity index (χ1n) is 6.80. The summed E-state index contributed by atoms with van der Waals surface area (Å²) in [5.41, 5.74) is 0.696. The molecule has 1 aromatic heterocycles. The molecule has 2 aromatic rings. The summed E-state index contributed by atoms with van der Waals surface area (Å²) in [5.74, 6) is -0.0661. The molecule has 1 aliphatic rings. The first-order chi connectivity index (χ1) is 10.1. The van der Waals surface area contributed by atoms with Crippen LogP contribution in [0.4, 0.5) is 5.69 Å². The predicted octanol–water partition coefficient (Wildman–Crippen LogP) is 2.00. The highest BCUT2D eigenvalue weighted by atomic mass is 35.5. The van der Waals surface area contributed by atoms with Crippen LogP contribution in [0.5, 0.6) is 0 Å². The first kappa shape index (κ1) is 14.0. The molecule has 1 unspecified atom stereocenters. The maximum absolute atomic E-state index is 12.5. The number of nitrogens with one attached hydrogen (secondary N) is 2. The molecule has 21 heavy (non-hydrogen) atoms. The van der Waals surface area contributed by atoms with E-state index in [1.54, 1.807) is 29.2 Å². The predicted molar refractivity (Wildman–Crippen MR) is 80.6 cm³/mol. The number of nitrogens with zero attached hydrogens (tertiary/aromatic N) is 3. The second-order valence-electron chi connectivity index (χ2n) is 5.29. The van der Waals surface area contributed by atoms with E-state index in [-0.39, 0.29) is 5.91 Å². The number of anilines is 1. The van der Waals surface area contributed by atoms with Crippen LogP contribution >= 0.6 is 11.6 Å². The molecule has 3 rings (SSSR count). The summed E-state index contributed by atoms with van der Waals surface area (Å²) in [5, 5.41) is 10.8. The molecule has 2 heterocycles. The molecule has 1 aromatic carbocycles. The Morgan fingerprint density at radius 2 is 2.38 bits per heavy atom. The normalized spacial score (nSPS) is 21.4. The van der Waals surface area contributed by atoms with Gasteiger partial charge >= 0.3 is 0 Å². The number of aromatic nitrogens is 3. The van der Waals surface area contributed by atoms with Gasteiger partial charge in [0.15, 0.2) is 0 Å². The van der Waals surface area contributed by atoms with Crippen molar-refractivity contribution in [2.75, 3.05) is 11.9 Å². The molecule has 0 spiro atoms. The molecule has 1 atom stereocenters. The Bertz CT molecular complexity index is 649. The van der Waals surface area contributed by atoms with Gasteiger partial charge < -0.3 is 10.6 Å². The number of hydrogen-bond acceptors (Lipinski definition) is 4. The Morgan fingerprint density at radius 1 is 1.52 bits per heavy atom. The molecule has 1 fully saturated rings. The standard InChI is InChI=1S/C14H16ClN5O/c1-14(6-3-7-17-14)13(21)19-11-5-2-4-10(15)12(11)20-9-16-8-18-20/h2,4-5,8-9,17H,3,6-7H2,1H3,(H,19,21). The van der Waals surface area contributed by atoms with Gasteiger partial charge in [-0.3, -0.25) is 4.79 Å². The Kier molecular flexibility index (Phi) is 3.65. The third kappa shape index (κ3) is 2.64. The van der Waals surface area contributed by atoms with Gasteiger partial charge in [0.1, 0.15) is 18.3 Å². The van der Waals surface area contributed by atoms with Crippen molar-refractivity contribution < 1.29 is 4.79 Å². The van der Waals surface area contributed by atoms with Gasteiger partial charge in [0.2, 0.25) is 5.91 Å². The number of para-hydroxylation sites is 1. The van der Waals surface area contributed by atoms with Crippen molar-refractivity contribution in [3.8, 4) is 5.69 Å². The Morgan fingerprint density at radius 3 is 3.05 bits per heavy atom. The van der Waals surface area contributed by atoms with Gasteiger partial charge in [-0.25, -0.2) is 9.67 Å². The summed E-state index contributed by atoms with van der Waals surface area (Å²) in [7, 11) is 0. The number of amides is 1. The van der Waals surface area contributed by atoms with Crippen LogP contribution in [0.25, 0.3) is 5.69 Å². The summed E-state index contributed by atoms with van der Waals surface area (Å²) < 4.78 is 1.54. The van der Waals surface area contributed by atoms with E-state index in [1.165, 1.54) is 6.33 Å². The first-order valence-corrected chi connectivity index (χ1v) is 7.18. The average molecular weight is 306 g/mol. The van der Waals surface area contributed by atoms with Gasteiger partial charge in [-0.1, -0.05) is 17.7 Å². The molecule has 7 heteroatoms. The van der Waals surface area contributed by atoms with Crippen molar-refractivity contribution in [2.45, 2.75) is 25.3 Å². The number of hydrogen-bond donors (Lipinski definition) is 2. The molecule has 1 aliphatic heterocycles. The maximum Gasteiger partial charge on any atom is 0.244 e. The topological polar surface area (TPSA) is 71.8 Å². The molecule has 0 radical (unpaired) electrons. The second kappa shape index (κ2) is 5.46. The van der Waals surface area contributed by atoms with Gasteiger partial charge in [-0.05, 0) is 38.4 Å². The minimum atomic E-state index is -0.540. The van der Waals surface area contributed by atoms with Crippen LogP contribution in [0.3, 0.4) is 0 Å². The minimum absolute atomic E-state index is 0.0661. The van der Waals surface area contributed by atoms with Crippen LogP contribution in [0.1, 0.15) is 19.8 Å². The highest BCUT2D eigenvalue weighted by Gasteiger charge is 2.36. The van der Waals surface area contributed by atoms with E-state index in [0.717, 1.165) is 19.4 Å². The van der Waals surface area contributed by atoms with Gasteiger partial charge in [-0.15, -0.1) is 0 Å². The van der Waals surface area contributed by atoms with Gasteiger partial charge in [0.25, 0.3) is 0 Å². The van der Waals surface area contributed by atoms with Crippen molar-refractivity contribution in [3.05, 3.63) is 35.9 Å². The highest BCUT2D eigenvalue weighted by Crippen LogP contribution is 2.29. The lowest BCUT2D eigenvalue weighted by Crippen LogP contribution is -2.48. The van der Waals surface area contributed by atoms with Gasteiger partial charge in [-0.2, -0.15) is 5.10 Å². The van der Waals surface area contributed by atoms with Crippen LogP contribution in [0.2, 0.25) is 5.02 Å². The Balaban J connectivity index is 1.93. The zero-order chi connectivity index (χ0) is 14.9. The molecular weight excluding hydrogens is 290 g/mol. The fourth-order valence-corrected chi connectivity index (χ4v) is 2.78. The average Bonchev–Trinajstić information content (AvgIpc) is 3.11. The second-order valence-corrected chi connectivity index (χ2v) is 5.70. The lowest BCUT2D eigenvalue weighted by atomic mass is 9.99. The lowest BCUT2D eigenvalue weighted by Gasteiger charge is -2.24. The van der Waals surface area contributed by atoms with Gasteiger partial charge in [0.05, 0.1) is 16.2 Å². The largest absolute Gasteiger partial charge is 0.323 e. The van der Waals surface area contributed by atoms with Crippen LogP contribution < -0.4 is 10.6 Å². The number of halogens is 1. The van der Waals surface area contributed by atoms with Crippen molar-refractivity contribution in [1.29, 1.82) is 0 Å². The SMILES string of the molecule is CC1(C(=O)Nc2cccc(Cl)c2-n2cncn2)CCCN1. The molecule has 110 valence electrons. The van der Waals surface area contributed by atoms with Crippen LogP contribution in [-0.4, -0.2) is 32.8 Å². The lowest BCUT2D eigenvalue weighted by molar-refractivity contribution is -0.121. The van der Waals surface area contributed by atoms with Crippen molar-refractivity contribution in [3.63, 3.8) is 0 Å². The summed E-state index contributed by atoms with van der Waals surface area (Å²) >= 11 is 6.24. The summed E-state index contributed by atoms with van der Waals surface area (Å²) in [6.45, 7) is 2.77. The highest BCUT2D eigenvalue weighted by molar-refractivity contribution is 6.33. The fraction of sp³-hybridized carbons (Fsp3) is 0.357. The van der Waals surface area contributed by atoms with Gasteiger partial charge in [0, 0.05) is 0 Å². The van der Waals surface area contributed by atoms with Crippen LogP contribution in [-0.2, 0) is 4.79 Å². The summed E-state index contributed by atoms with van der Waals surface area (Å²) in [6, 6.07) is 5.35. The molecule has 2 N–H and O–H groups in total. The third-order valence-corrected chi connectivity index (χ3v) is 4.06. The zero-order valence-corrected chi connectivity index (χ0v) is 12.4. The van der Waals surface area contributed by atoms with Crippen LogP contribution in [0, 0.1) is 0 Å². The maximum atomic E-state index is 12.5. The molecule has 0 saturated carbocycles.